The van der Waals surface area contributed by atoms with Crippen LogP contribution >= 0.6 is 22.9 Å². The van der Waals surface area contributed by atoms with Gasteiger partial charge in [0.2, 0.25) is 0 Å². The Kier molecular flexibility index (Phi) is 5.33. The SMILES string of the molecule is O=C(COC(=O)c1sc2cc(F)ccc2c1Cl)NC[C@@H]1CCCO1. The fourth-order valence-corrected chi connectivity index (χ4v) is 3.88. The molecule has 5 nitrogen and oxygen atoms in total. The summed E-state index contributed by atoms with van der Waals surface area (Å²) in [6.45, 7) is 0.713. The second-order valence-corrected chi connectivity index (χ2v) is 6.83. The number of carbonyl (C=O) groups excluding carboxylic acids is 2. The molecule has 1 atom stereocenters. The van der Waals surface area contributed by atoms with Crippen LogP contribution in [0.2, 0.25) is 5.02 Å². The largest absolute Gasteiger partial charge is 0.451 e. The summed E-state index contributed by atoms with van der Waals surface area (Å²) in [6, 6.07) is 4.08. The van der Waals surface area contributed by atoms with Gasteiger partial charge in [0.1, 0.15) is 10.7 Å². The lowest BCUT2D eigenvalue weighted by Gasteiger charge is -2.10. The van der Waals surface area contributed by atoms with E-state index in [4.69, 9.17) is 21.1 Å². The van der Waals surface area contributed by atoms with Crippen molar-refractivity contribution in [2.24, 2.45) is 0 Å². The van der Waals surface area contributed by atoms with Crippen LogP contribution in [-0.2, 0) is 14.3 Å². The van der Waals surface area contributed by atoms with Crippen molar-refractivity contribution in [1.82, 2.24) is 5.32 Å². The molecule has 2 heterocycles. The van der Waals surface area contributed by atoms with E-state index in [2.05, 4.69) is 5.32 Å². The standard InChI is InChI=1S/C16H15ClFNO4S/c17-14-11-4-3-9(18)6-12(11)24-15(14)16(21)23-8-13(20)19-7-10-2-1-5-22-10/h3-4,6,10H,1-2,5,7-8H2,(H,19,20)/t10-/m0/s1. The second-order valence-electron chi connectivity index (χ2n) is 5.40. The molecule has 1 aliphatic rings. The Balaban J connectivity index is 1.56. The number of esters is 1. The third-order valence-electron chi connectivity index (χ3n) is 3.66. The molecule has 1 aromatic carbocycles. The predicted octanol–water partition coefficient (Wildman–Crippen LogP) is 3.15. The quantitative estimate of drug-likeness (QED) is 0.820. The van der Waals surface area contributed by atoms with Crippen LogP contribution in [0.4, 0.5) is 4.39 Å². The number of benzene rings is 1. The summed E-state index contributed by atoms with van der Waals surface area (Å²) < 4.78 is 24.2. The van der Waals surface area contributed by atoms with Gasteiger partial charge in [-0.25, -0.2) is 9.18 Å². The van der Waals surface area contributed by atoms with E-state index in [1.165, 1.54) is 18.2 Å². The molecule has 8 heteroatoms. The Morgan fingerprint density at radius 3 is 3.04 bits per heavy atom. The van der Waals surface area contributed by atoms with Crippen LogP contribution in [0, 0.1) is 5.82 Å². The Hall–Kier alpha value is -1.70. The maximum Gasteiger partial charge on any atom is 0.350 e. The van der Waals surface area contributed by atoms with Gasteiger partial charge in [0.25, 0.3) is 5.91 Å². The summed E-state index contributed by atoms with van der Waals surface area (Å²) in [4.78, 5) is 24.0. The van der Waals surface area contributed by atoms with Gasteiger partial charge in [-0.1, -0.05) is 11.6 Å². The Labute approximate surface area is 146 Å². The lowest BCUT2D eigenvalue weighted by Crippen LogP contribution is -2.34. The number of ether oxygens (including phenoxy) is 2. The lowest BCUT2D eigenvalue weighted by molar-refractivity contribution is -0.124. The maximum absolute atomic E-state index is 13.2. The van der Waals surface area contributed by atoms with Crippen molar-refractivity contribution in [3.8, 4) is 0 Å². The summed E-state index contributed by atoms with van der Waals surface area (Å²) in [5, 5.41) is 3.45. The molecule has 1 fully saturated rings. The fourth-order valence-electron chi connectivity index (χ4n) is 2.45. The van der Waals surface area contributed by atoms with Gasteiger partial charge < -0.3 is 14.8 Å². The molecule has 0 bridgehead atoms. The zero-order chi connectivity index (χ0) is 17.1. The first-order valence-electron chi connectivity index (χ1n) is 7.47. The van der Waals surface area contributed by atoms with Gasteiger partial charge in [0.15, 0.2) is 6.61 Å². The molecule has 0 spiro atoms. The number of rotatable bonds is 5. The molecular weight excluding hydrogens is 357 g/mol. The van der Waals surface area contributed by atoms with Gasteiger partial charge in [-0.05, 0) is 31.0 Å². The van der Waals surface area contributed by atoms with E-state index in [0.717, 1.165) is 24.2 Å². The minimum atomic E-state index is -0.700. The topological polar surface area (TPSA) is 64.6 Å². The van der Waals surface area contributed by atoms with Crippen molar-refractivity contribution in [3.63, 3.8) is 0 Å². The van der Waals surface area contributed by atoms with E-state index in [0.29, 0.717) is 23.2 Å². The van der Waals surface area contributed by atoms with Gasteiger partial charge in [-0.3, -0.25) is 4.79 Å². The van der Waals surface area contributed by atoms with Crippen LogP contribution in [0.1, 0.15) is 22.5 Å². The molecule has 0 aliphatic carbocycles. The van der Waals surface area contributed by atoms with Crippen LogP contribution < -0.4 is 5.32 Å². The van der Waals surface area contributed by atoms with Crippen molar-refractivity contribution >= 4 is 44.9 Å². The molecule has 3 rings (SSSR count). The summed E-state index contributed by atoms with van der Waals surface area (Å²) in [7, 11) is 0. The number of amides is 1. The zero-order valence-corrected chi connectivity index (χ0v) is 14.2. The highest BCUT2D eigenvalue weighted by molar-refractivity contribution is 7.21. The van der Waals surface area contributed by atoms with Crippen LogP contribution in [0.15, 0.2) is 18.2 Å². The molecule has 0 unspecified atom stereocenters. The highest BCUT2D eigenvalue weighted by Gasteiger charge is 2.20. The first-order chi connectivity index (χ1) is 11.5. The highest BCUT2D eigenvalue weighted by atomic mass is 35.5. The fraction of sp³-hybridized carbons (Fsp3) is 0.375. The molecule has 1 saturated heterocycles. The van der Waals surface area contributed by atoms with Crippen LogP contribution in [0.5, 0.6) is 0 Å². The normalized spacial score (nSPS) is 17.2. The van der Waals surface area contributed by atoms with Crippen molar-refractivity contribution in [2.45, 2.75) is 18.9 Å². The molecule has 24 heavy (non-hydrogen) atoms. The molecule has 1 N–H and O–H groups in total. The molecule has 0 saturated carbocycles. The number of hydrogen-bond acceptors (Lipinski definition) is 5. The van der Waals surface area contributed by atoms with Crippen molar-refractivity contribution in [1.29, 1.82) is 0 Å². The summed E-state index contributed by atoms with van der Waals surface area (Å²) >= 11 is 7.17. The monoisotopic (exact) mass is 371 g/mol. The van der Waals surface area contributed by atoms with Crippen molar-refractivity contribution < 1.29 is 23.5 Å². The van der Waals surface area contributed by atoms with Crippen molar-refractivity contribution in [2.75, 3.05) is 19.8 Å². The maximum atomic E-state index is 13.2. The lowest BCUT2D eigenvalue weighted by atomic mass is 10.2. The van der Waals surface area contributed by atoms with Crippen molar-refractivity contribution in [3.05, 3.63) is 33.9 Å². The van der Waals surface area contributed by atoms with E-state index < -0.39 is 24.3 Å². The number of thiophene rings is 1. The van der Waals surface area contributed by atoms with Gasteiger partial charge in [-0.15, -0.1) is 11.3 Å². The summed E-state index contributed by atoms with van der Waals surface area (Å²) in [6.07, 6.45) is 1.92. The summed E-state index contributed by atoms with van der Waals surface area (Å²) in [5.74, 6) is -1.51. The van der Waals surface area contributed by atoms with Gasteiger partial charge >= 0.3 is 5.97 Å². The molecule has 1 aliphatic heterocycles. The molecule has 1 aromatic heterocycles. The number of fused-ring (bicyclic) bond motifs is 1. The predicted molar refractivity (Wildman–Crippen MR) is 89.1 cm³/mol. The number of carbonyl (C=O) groups is 2. The minimum Gasteiger partial charge on any atom is -0.451 e. The summed E-state index contributed by atoms with van der Waals surface area (Å²) in [5.41, 5.74) is 0. The van der Waals surface area contributed by atoms with E-state index >= 15 is 0 Å². The van der Waals surface area contributed by atoms with E-state index in [-0.39, 0.29) is 16.0 Å². The zero-order valence-electron chi connectivity index (χ0n) is 12.6. The Morgan fingerprint density at radius 1 is 1.46 bits per heavy atom. The smallest absolute Gasteiger partial charge is 0.350 e. The van der Waals surface area contributed by atoms with E-state index in [1.807, 2.05) is 0 Å². The van der Waals surface area contributed by atoms with Crippen LogP contribution in [0.25, 0.3) is 10.1 Å². The second kappa shape index (κ2) is 7.46. The number of halogens is 2. The number of hydrogen-bond donors (Lipinski definition) is 1. The average Bonchev–Trinajstić information content (AvgIpc) is 3.18. The first kappa shape index (κ1) is 17.1. The first-order valence-corrected chi connectivity index (χ1v) is 8.67. The average molecular weight is 372 g/mol. The van der Waals surface area contributed by atoms with Crippen LogP contribution in [0.3, 0.4) is 0 Å². The molecule has 2 aromatic rings. The minimum absolute atomic E-state index is 0.0246. The highest BCUT2D eigenvalue weighted by Crippen LogP contribution is 2.36. The Bertz CT molecular complexity index is 773. The molecule has 1 amide bonds. The van der Waals surface area contributed by atoms with E-state index in [1.54, 1.807) is 0 Å². The third kappa shape index (κ3) is 3.85. The molecule has 128 valence electrons. The third-order valence-corrected chi connectivity index (χ3v) is 5.30. The Morgan fingerprint density at radius 2 is 2.29 bits per heavy atom. The van der Waals surface area contributed by atoms with E-state index in [9.17, 15) is 14.0 Å². The molecule has 0 radical (unpaired) electrons. The van der Waals surface area contributed by atoms with Gasteiger partial charge in [-0.2, -0.15) is 0 Å². The van der Waals surface area contributed by atoms with Crippen LogP contribution in [-0.4, -0.2) is 37.7 Å². The molecular formula is C16H15ClFNO4S. The number of nitrogens with one attached hydrogen (secondary N) is 1. The van der Waals surface area contributed by atoms with Gasteiger partial charge in [0.05, 0.1) is 11.1 Å². The van der Waals surface area contributed by atoms with Gasteiger partial charge in [0, 0.05) is 23.2 Å².